The number of nitrogen functional groups attached to an aromatic ring is 1. The fraction of sp³-hybridized carbons (Fsp3) is 0.227. The van der Waals surface area contributed by atoms with Crippen LogP contribution in [0.4, 0.5) is 5.82 Å². The molecule has 0 aliphatic carbocycles. The van der Waals surface area contributed by atoms with Crippen molar-refractivity contribution < 1.29 is 0 Å². The molecule has 0 amide bonds. The van der Waals surface area contributed by atoms with Gasteiger partial charge in [0.05, 0.1) is 5.56 Å². The van der Waals surface area contributed by atoms with Gasteiger partial charge in [0.25, 0.3) is 0 Å². The number of benzene rings is 1. The molecule has 0 radical (unpaired) electrons. The number of hydrogen-bond acceptors (Lipinski definition) is 4. The Morgan fingerprint density at radius 1 is 1.00 bits per heavy atom. The van der Waals surface area contributed by atoms with Crippen LogP contribution in [0.2, 0.25) is 0 Å². The van der Waals surface area contributed by atoms with Crippen molar-refractivity contribution >= 4 is 17.0 Å². The van der Waals surface area contributed by atoms with Crippen molar-refractivity contribution in [3.63, 3.8) is 0 Å². The standard InChI is InChI=1S/C22H23N5/c1-14-11-18-21(25-13-14)27(16-8-5-7-15(12-16)22(2,3)4)20(26-18)17-9-6-10-24-19(17)23/h5-13H,1-4H3,(H2,23,24). The molecule has 3 aromatic heterocycles. The number of hydrogen-bond donors (Lipinski definition) is 1. The minimum Gasteiger partial charge on any atom is -0.383 e. The molecular formula is C22H23N5. The molecule has 3 heterocycles. The first kappa shape index (κ1) is 17.2. The Morgan fingerprint density at radius 3 is 2.56 bits per heavy atom. The summed E-state index contributed by atoms with van der Waals surface area (Å²) in [6.45, 7) is 8.64. The molecule has 0 bridgehead atoms. The van der Waals surface area contributed by atoms with Crippen molar-refractivity contribution in [1.82, 2.24) is 19.5 Å². The lowest BCUT2D eigenvalue weighted by molar-refractivity contribution is 0.590. The number of rotatable bonds is 2. The number of nitrogens with zero attached hydrogens (tertiary/aromatic N) is 4. The van der Waals surface area contributed by atoms with Crippen molar-refractivity contribution in [1.29, 1.82) is 0 Å². The van der Waals surface area contributed by atoms with Gasteiger partial charge in [0.2, 0.25) is 0 Å². The molecule has 136 valence electrons. The lowest BCUT2D eigenvalue weighted by Gasteiger charge is -2.20. The maximum atomic E-state index is 6.17. The second-order valence-corrected chi connectivity index (χ2v) is 7.86. The Balaban J connectivity index is 2.05. The highest BCUT2D eigenvalue weighted by Gasteiger charge is 2.20. The summed E-state index contributed by atoms with van der Waals surface area (Å²) in [5, 5.41) is 0. The van der Waals surface area contributed by atoms with E-state index in [0.717, 1.165) is 33.8 Å². The fourth-order valence-corrected chi connectivity index (χ4v) is 3.21. The third kappa shape index (κ3) is 3.05. The first-order valence-electron chi connectivity index (χ1n) is 9.01. The van der Waals surface area contributed by atoms with Gasteiger partial charge in [0, 0.05) is 18.1 Å². The minimum absolute atomic E-state index is 0.0455. The van der Waals surface area contributed by atoms with Crippen molar-refractivity contribution in [3.05, 3.63) is 66.0 Å². The van der Waals surface area contributed by atoms with E-state index < -0.39 is 0 Å². The molecule has 0 saturated heterocycles. The summed E-state index contributed by atoms with van der Waals surface area (Å²) in [5.74, 6) is 1.21. The lowest BCUT2D eigenvalue weighted by atomic mass is 9.87. The number of aryl methyl sites for hydroxylation is 1. The van der Waals surface area contributed by atoms with Crippen molar-refractivity contribution in [2.24, 2.45) is 0 Å². The van der Waals surface area contributed by atoms with E-state index in [-0.39, 0.29) is 5.41 Å². The molecule has 0 aliphatic heterocycles. The van der Waals surface area contributed by atoms with Crippen LogP contribution in [-0.2, 0) is 5.41 Å². The van der Waals surface area contributed by atoms with Crippen LogP contribution >= 0.6 is 0 Å². The molecular weight excluding hydrogens is 334 g/mol. The summed E-state index contributed by atoms with van der Waals surface area (Å²) >= 11 is 0. The largest absolute Gasteiger partial charge is 0.383 e. The summed E-state index contributed by atoms with van der Waals surface area (Å²) in [5.41, 5.74) is 12.0. The third-order valence-corrected chi connectivity index (χ3v) is 4.68. The van der Waals surface area contributed by atoms with Crippen molar-refractivity contribution in [2.75, 3.05) is 5.73 Å². The Kier molecular flexibility index (Phi) is 3.95. The number of aromatic nitrogens is 4. The number of anilines is 1. The molecule has 27 heavy (non-hydrogen) atoms. The molecule has 0 spiro atoms. The van der Waals surface area contributed by atoms with Crippen LogP contribution in [0.1, 0.15) is 31.9 Å². The molecule has 0 fully saturated rings. The first-order chi connectivity index (χ1) is 12.8. The van der Waals surface area contributed by atoms with Gasteiger partial charge in [-0.3, -0.25) is 4.57 Å². The van der Waals surface area contributed by atoms with Gasteiger partial charge in [-0.15, -0.1) is 0 Å². The van der Waals surface area contributed by atoms with Crippen LogP contribution in [0.3, 0.4) is 0 Å². The lowest BCUT2D eigenvalue weighted by Crippen LogP contribution is -2.12. The summed E-state index contributed by atoms with van der Waals surface area (Å²) in [7, 11) is 0. The summed E-state index contributed by atoms with van der Waals surface area (Å²) < 4.78 is 2.07. The van der Waals surface area contributed by atoms with Gasteiger partial charge in [-0.2, -0.15) is 0 Å². The smallest absolute Gasteiger partial charge is 0.164 e. The van der Waals surface area contributed by atoms with Gasteiger partial charge < -0.3 is 5.73 Å². The Bertz CT molecular complexity index is 1140. The Morgan fingerprint density at radius 2 is 1.81 bits per heavy atom. The van der Waals surface area contributed by atoms with Gasteiger partial charge >= 0.3 is 0 Å². The molecule has 4 rings (SSSR count). The van der Waals surface area contributed by atoms with Gasteiger partial charge in [-0.25, -0.2) is 15.0 Å². The quantitative estimate of drug-likeness (QED) is 0.566. The monoisotopic (exact) mass is 357 g/mol. The van der Waals surface area contributed by atoms with Gasteiger partial charge in [-0.05, 0) is 53.8 Å². The predicted molar refractivity (Wildman–Crippen MR) is 110 cm³/mol. The summed E-state index contributed by atoms with van der Waals surface area (Å²) in [6, 6.07) is 14.4. The maximum Gasteiger partial charge on any atom is 0.164 e. The molecule has 2 N–H and O–H groups in total. The molecule has 4 aromatic rings. The normalized spacial score (nSPS) is 11.9. The number of pyridine rings is 2. The third-order valence-electron chi connectivity index (χ3n) is 4.68. The fourth-order valence-electron chi connectivity index (χ4n) is 3.21. The Hall–Kier alpha value is -3.21. The highest BCUT2D eigenvalue weighted by molar-refractivity contribution is 5.83. The first-order valence-corrected chi connectivity index (χ1v) is 9.01. The van der Waals surface area contributed by atoms with Crippen molar-refractivity contribution in [2.45, 2.75) is 33.1 Å². The van der Waals surface area contributed by atoms with E-state index in [1.54, 1.807) is 6.20 Å². The van der Waals surface area contributed by atoms with E-state index in [4.69, 9.17) is 10.7 Å². The molecule has 0 atom stereocenters. The van der Waals surface area contributed by atoms with E-state index in [1.165, 1.54) is 5.56 Å². The van der Waals surface area contributed by atoms with Crippen LogP contribution in [0.25, 0.3) is 28.2 Å². The molecule has 1 aromatic carbocycles. The van der Waals surface area contributed by atoms with Gasteiger partial charge in [-0.1, -0.05) is 32.9 Å². The molecule has 5 nitrogen and oxygen atoms in total. The van der Waals surface area contributed by atoms with Crippen LogP contribution in [0.15, 0.2) is 54.9 Å². The zero-order valence-electron chi connectivity index (χ0n) is 16.1. The van der Waals surface area contributed by atoms with E-state index in [2.05, 4.69) is 59.6 Å². The maximum absolute atomic E-state index is 6.17. The highest BCUT2D eigenvalue weighted by Crippen LogP contribution is 2.32. The van der Waals surface area contributed by atoms with E-state index in [9.17, 15) is 0 Å². The van der Waals surface area contributed by atoms with Gasteiger partial charge in [0.15, 0.2) is 11.5 Å². The van der Waals surface area contributed by atoms with Crippen LogP contribution in [-0.4, -0.2) is 19.5 Å². The zero-order valence-corrected chi connectivity index (χ0v) is 16.1. The van der Waals surface area contributed by atoms with Gasteiger partial charge in [0.1, 0.15) is 11.3 Å². The minimum atomic E-state index is 0.0455. The average Bonchev–Trinajstić information content (AvgIpc) is 2.99. The Labute approximate surface area is 158 Å². The second-order valence-electron chi connectivity index (χ2n) is 7.86. The van der Waals surface area contributed by atoms with Crippen LogP contribution in [0.5, 0.6) is 0 Å². The molecule has 0 saturated carbocycles. The second kappa shape index (κ2) is 6.20. The number of fused-ring (bicyclic) bond motifs is 1. The highest BCUT2D eigenvalue weighted by atomic mass is 15.1. The van der Waals surface area contributed by atoms with Crippen LogP contribution in [0, 0.1) is 6.92 Å². The zero-order chi connectivity index (χ0) is 19.2. The van der Waals surface area contributed by atoms with Crippen LogP contribution < -0.4 is 5.73 Å². The summed E-state index contributed by atoms with van der Waals surface area (Å²) in [4.78, 5) is 13.8. The predicted octanol–water partition coefficient (Wildman–Crippen LogP) is 4.67. The number of nitrogens with two attached hydrogens (primary N) is 1. The van der Waals surface area contributed by atoms with E-state index in [0.29, 0.717) is 5.82 Å². The van der Waals surface area contributed by atoms with E-state index in [1.807, 2.05) is 31.3 Å². The SMILES string of the molecule is Cc1cnc2c(c1)nc(-c1cccnc1N)n2-c1cccc(C(C)(C)C)c1. The topological polar surface area (TPSA) is 69.6 Å². The average molecular weight is 357 g/mol. The summed E-state index contributed by atoms with van der Waals surface area (Å²) in [6.07, 6.45) is 3.55. The van der Waals surface area contributed by atoms with E-state index >= 15 is 0 Å². The van der Waals surface area contributed by atoms with Crippen molar-refractivity contribution in [3.8, 4) is 17.1 Å². The molecule has 0 unspecified atom stereocenters. The number of imidazole rings is 1. The molecule has 0 aliphatic rings. The molecule has 5 heteroatoms.